The van der Waals surface area contributed by atoms with E-state index in [1.165, 1.54) is 12.1 Å². The highest BCUT2D eigenvalue weighted by Gasteiger charge is 2.22. The van der Waals surface area contributed by atoms with Crippen LogP contribution in [0, 0.1) is 12.7 Å². The first-order valence-corrected chi connectivity index (χ1v) is 5.76. The Bertz CT molecular complexity index is 393. The highest BCUT2D eigenvalue weighted by atomic mass is 19.1. The number of ether oxygens (including phenoxy) is 1. The van der Waals surface area contributed by atoms with Gasteiger partial charge in [0.15, 0.2) is 0 Å². The molecular formula is C13H18FNO2. The summed E-state index contributed by atoms with van der Waals surface area (Å²) < 4.78 is 18.2. The highest BCUT2D eigenvalue weighted by molar-refractivity contribution is 5.78. The van der Waals surface area contributed by atoms with Crippen LogP contribution in [0.1, 0.15) is 31.0 Å². The van der Waals surface area contributed by atoms with Crippen LogP contribution < -0.4 is 5.32 Å². The van der Waals surface area contributed by atoms with Crippen molar-refractivity contribution in [1.29, 1.82) is 0 Å². The predicted molar refractivity (Wildman–Crippen MR) is 64.2 cm³/mol. The van der Waals surface area contributed by atoms with E-state index in [-0.39, 0.29) is 11.8 Å². The fourth-order valence-electron chi connectivity index (χ4n) is 1.67. The van der Waals surface area contributed by atoms with Crippen LogP contribution in [0.25, 0.3) is 0 Å². The van der Waals surface area contributed by atoms with E-state index in [0.29, 0.717) is 18.7 Å². The number of nitrogens with one attached hydrogen (secondary N) is 1. The Morgan fingerprint density at radius 1 is 1.47 bits per heavy atom. The zero-order valence-corrected chi connectivity index (χ0v) is 10.4. The van der Waals surface area contributed by atoms with Gasteiger partial charge in [0.05, 0.1) is 6.61 Å². The molecule has 0 bridgehead atoms. The van der Waals surface area contributed by atoms with E-state index < -0.39 is 6.04 Å². The van der Waals surface area contributed by atoms with Crippen LogP contribution in [0.15, 0.2) is 18.2 Å². The molecule has 94 valence electrons. The molecule has 0 aliphatic carbocycles. The standard InChI is InChI=1S/C13H18FNO2/c1-4-15-12(13(16)17-5-2)11-8-10(14)7-6-9(11)3/h6-8,12,15H,4-5H2,1-3H3. The number of carbonyl (C=O) groups excluding carboxylic acids is 1. The van der Waals surface area contributed by atoms with Gasteiger partial charge in [0.25, 0.3) is 0 Å². The Morgan fingerprint density at radius 3 is 2.76 bits per heavy atom. The summed E-state index contributed by atoms with van der Waals surface area (Å²) in [5.41, 5.74) is 1.50. The molecule has 3 nitrogen and oxygen atoms in total. The molecule has 0 spiro atoms. The van der Waals surface area contributed by atoms with Gasteiger partial charge in [-0.3, -0.25) is 0 Å². The van der Waals surface area contributed by atoms with Gasteiger partial charge in [-0.05, 0) is 43.7 Å². The van der Waals surface area contributed by atoms with Crippen LogP contribution >= 0.6 is 0 Å². The third kappa shape index (κ3) is 3.53. The second-order valence-electron chi connectivity index (χ2n) is 3.74. The Balaban J connectivity index is 3.04. The Kier molecular flexibility index (Phi) is 5.10. The van der Waals surface area contributed by atoms with Crippen molar-refractivity contribution in [2.45, 2.75) is 26.8 Å². The Labute approximate surface area is 101 Å². The first-order valence-electron chi connectivity index (χ1n) is 5.76. The third-order valence-corrected chi connectivity index (χ3v) is 2.48. The monoisotopic (exact) mass is 239 g/mol. The van der Waals surface area contributed by atoms with Crippen molar-refractivity contribution in [3.8, 4) is 0 Å². The van der Waals surface area contributed by atoms with Gasteiger partial charge in [-0.2, -0.15) is 0 Å². The molecule has 1 aromatic rings. The number of esters is 1. The molecule has 0 saturated heterocycles. The third-order valence-electron chi connectivity index (χ3n) is 2.48. The number of carbonyl (C=O) groups is 1. The van der Waals surface area contributed by atoms with Crippen LogP contribution in [0.4, 0.5) is 4.39 Å². The smallest absolute Gasteiger partial charge is 0.327 e. The second-order valence-corrected chi connectivity index (χ2v) is 3.74. The van der Waals surface area contributed by atoms with Crippen molar-refractivity contribution in [2.75, 3.05) is 13.2 Å². The van der Waals surface area contributed by atoms with Crippen molar-refractivity contribution < 1.29 is 13.9 Å². The normalized spacial score (nSPS) is 12.2. The summed E-state index contributed by atoms with van der Waals surface area (Å²) in [5, 5.41) is 3.01. The molecule has 0 aromatic heterocycles. The average molecular weight is 239 g/mol. The van der Waals surface area contributed by atoms with Crippen LogP contribution in [0.5, 0.6) is 0 Å². The molecule has 1 unspecified atom stereocenters. The summed E-state index contributed by atoms with van der Waals surface area (Å²) in [4.78, 5) is 11.8. The minimum Gasteiger partial charge on any atom is -0.465 e. The van der Waals surface area contributed by atoms with E-state index >= 15 is 0 Å². The molecule has 17 heavy (non-hydrogen) atoms. The first kappa shape index (κ1) is 13.6. The van der Waals surface area contributed by atoms with Gasteiger partial charge in [-0.1, -0.05) is 13.0 Å². The topological polar surface area (TPSA) is 38.3 Å². The van der Waals surface area contributed by atoms with Gasteiger partial charge >= 0.3 is 5.97 Å². The molecule has 0 saturated carbocycles. The van der Waals surface area contributed by atoms with E-state index in [1.54, 1.807) is 13.0 Å². The van der Waals surface area contributed by atoms with Gasteiger partial charge in [0.1, 0.15) is 11.9 Å². The van der Waals surface area contributed by atoms with Crippen LogP contribution in [-0.4, -0.2) is 19.1 Å². The molecule has 0 radical (unpaired) electrons. The number of hydrogen-bond acceptors (Lipinski definition) is 3. The highest BCUT2D eigenvalue weighted by Crippen LogP contribution is 2.20. The van der Waals surface area contributed by atoms with Gasteiger partial charge in [0.2, 0.25) is 0 Å². The zero-order chi connectivity index (χ0) is 12.8. The number of benzene rings is 1. The fourth-order valence-corrected chi connectivity index (χ4v) is 1.67. The molecule has 1 atom stereocenters. The average Bonchev–Trinajstić information content (AvgIpc) is 2.30. The van der Waals surface area contributed by atoms with Crippen molar-refractivity contribution in [1.82, 2.24) is 5.32 Å². The van der Waals surface area contributed by atoms with E-state index in [9.17, 15) is 9.18 Å². The lowest BCUT2D eigenvalue weighted by molar-refractivity contribution is -0.145. The van der Waals surface area contributed by atoms with Crippen molar-refractivity contribution in [2.24, 2.45) is 0 Å². The molecular weight excluding hydrogens is 221 g/mol. The molecule has 1 aromatic carbocycles. The largest absolute Gasteiger partial charge is 0.465 e. The number of halogens is 1. The SMILES string of the molecule is CCNC(C(=O)OCC)c1cc(F)ccc1C. The molecule has 1 N–H and O–H groups in total. The second kappa shape index (κ2) is 6.35. The first-order chi connectivity index (χ1) is 8.10. The Morgan fingerprint density at radius 2 is 2.18 bits per heavy atom. The zero-order valence-electron chi connectivity index (χ0n) is 10.4. The van der Waals surface area contributed by atoms with Crippen LogP contribution in [-0.2, 0) is 9.53 Å². The Hall–Kier alpha value is -1.42. The number of rotatable bonds is 5. The van der Waals surface area contributed by atoms with Gasteiger partial charge in [0, 0.05) is 0 Å². The van der Waals surface area contributed by atoms with E-state index in [0.717, 1.165) is 5.56 Å². The van der Waals surface area contributed by atoms with Crippen LogP contribution in [0.3, 0.4) is 0 Å². The summed E-state index contributed by atoms with van der Waals surface area (Å²) in [5.74, 6) is -0.721. The summed E-state index contributed by atoms with van der Waals surface area (Å²) in [7, 11) is 0. The summed E-state index contributed by atoms with van der Waals surface area (Å²) in [6.07, 6.45) is 0. The maximum Gasteiger partial charge on any atom is 0.327 e. The maximum absolute atomic E-state index is 13.2. The van der Waals surface area contributed by atoms with E-state index in [4.69, 9.17) is 4.74 Å². The van der Waals surface area contributed by atoms with Crippen LogP contribution in [0.2, 0.25) is 0 Å². The lowest BCUT2D eigenvalue weighted by Gasteiger charge is -2.18. The minimum absolute atomic E-state index is 0.315. The van der Waals surface area contributed by atoms with E-state index in [1.807, 2.05) is 13.8 Å². The van der Waals surface area contributed by atoms with Gasteiger partial charge in [-0.25, -0.2) is 9.18 Å². The quantitative estimate of drug-likeness (QED) is 0.801. The summed E-state index contributed by atoms with van der Waals surface area (Å²) >= 11 is 0. The number of likely N-dealkylation sites (N-methyl/N-ethyl adjacent to an activating group) is 1. The van der Waals surface area contributed by atoms with E-state index in [2.05, 4.69) is 5.32 Å². The molecule has 0 amide bonds. The minimum atomic E-state index is -0.601. The predicted octanol–water partition coefficient (Wildman–Crippen LogP) is 2.35. The lowest BCUT2D eigenvalue weighted by atomic mass is 10.0. The van der Waals surface area contributed by atoms with Gasteiger partial charge in [-0.15, -0.1) is 0 Å². The maximum atomic E-state index is 13.2. The molecule has 4 heteroatoms. The summed E-state index contributed by atoms with van der Waals surface area (Å²) in [6, 6.07) is 3.82. The fraction of sp³-hybridized carbons (Fsp3) is 0.462. The summed E-state index contributed by atoms with van der Waals surface area (Å²) in [6.45, 7) is 6.41. The number of hydrogen-bond donors (Lipinski definition) is 1. The van der Waals surface area contributed by atoms with Crippen molar-refractivity contribution in [3.05, 3.63) is 35.1 Å². The molecule has 0 fully saturated rings. The molecule has 0 aliphatic rings. The molecule has 0 aliphatic heterocycles. The number of aryl methyl sites for hydroxylation is 1. The molecule has 0 heterocycles. The molecule has 1 rings (SSSR count). The van der Waals surface area contributed by atoms with Crippen molar-refractivity contribution >= 4 is 5.97 Å². The van der Waals surface area contributed by atoms with Crippen molar-refractivity contribution in [3.63, 3.8) is 0 Å². The lowest BCUT2D eigenvalue weighted by Crippen LogP contribution is -2.30. The van der Waals surface area contributed by atoms with Gasteiger partial charge < -0.3 is 10.1 Å².